The molecule has 0 aliphatic rings. The Morgan fingerprint density at radius 3 is 1.45 bits per heavy atom. The van der Waals surface area contributed by atoms with Crippen molar-refractivity contribution in [2.45, 2.75) is 26.2 Å². The molecule has 0 atom stereocenters. The number of aromatic nitrogens is 5. The van der Waals surface area contributed by atoms with Crippen LogP contribution >= 0.6 is 0 Å². The van der Waals surface area contributed by atoms with E-state index in [1.165, 1.54) is 38.4 Å². The SMILES string of the molecule is CC(C)(C)c1nc(-c2ccc3c(c2)c2ccccc2n3-c2ccccc2)nc(-c2ccccc2-n2c3ccc(-c4ccccc4)cc3c3cc(-c4ccccc4)ccc32)n1. The van der Waals surface area contributed by atoms with E-state index in [1.54, 1.807) is 0 Å². The summed E-state index contributed by atoms with van der Waals surface area (Å²) >= 11 is 0. The average Bonchev–Trinajstić information content (AvgIpc) is 3.81. The van der Waals surface area contributed by atoms with Crippen molar-refractivity contribution in [3.05, 3.63) is 200 Å². The molecule has 0 radical (unpaired) electrons. The first-order chi connectivity index (χ1) is 29.4. The van der Waals surface area contributed by atoms with Gasteiger partial charge in [0.15, 0.2) is 11.6 Å². The molecule has 60 heavy (non-hydrogen) atoms. The van der Waals surface area contributed by atoms with Gasteiger partial charge in [0.25, 0.3) is 0 Å². The maximum atomic E-state index is 5.34. The molecule has 0 amide bonds. The van der Waals surface area contributed by atoms with Gasteiger partial charge in [-0.2, -0.15) is 0 Å². The number of hydrogen-bond acceptors (Lipinski definition) is 3. The normalized spacial score (nSPS) is 11.9. The fraction of sp³-hybridized carbons (Fsp3) is 0.0727. The Hall–Kier alpha value is -7.63. The smallest absolute Gasteiger partial charge is 0.165 e. The number of nitrogens with zero attached hydrogens (tertiary/aromatic N) is 5. The van der Waals surface area contributed by atoms with Crippen molar-refractivity contribution >= 4 is 43.6 Å². The molecular formula is C55H41N5. The minimum absolute atomic E-state index is 0.330. The second kappa shape index (κ2) is 14.0. The largest absolute Gasteiger partial charge is 0.309 e. The lowest BCUT2D eigenvalue weighted by Gasteiger charge is -2.19. The molecule has 3 heterocycles. The van der Waals surface area contributed by atoms with Crippen molar-refractivity contribution in [2.24, 2.45) is 0 Å². The number of rotatable bonds is 6. The Kier molecular flexibility index (Phi) is 8.31. The third kappa shape index (κ3) is 5.97. The first kappa shape index (κ1) is 35.5. The third-order valence-electron chi connectivity index (χ3n) is 11.6. The molecule has 5 nitrogen and oxygen atoms in total. The van der Waals surface area contributed by atoms with Gasteiger partial charge in [0.2, 0.25) is 0 Å². The lowest BCUT2D eigenvalue weighted by molar-refractivity contribution is 0.543. The van der Waals surface area contributed by atoms with Gasteiger partial charge in [0, 0.05) is 43.8 Å². The van der Waals surface area contributed by atoms with Crippen LogP contribution in [0.4, 0.5) is 0 Å². The summed E-state index contributed by atoms with van der Waals surface area (Å²) in [5, 5.41) is 4.72. The van der Waals surface area contributed by atoms with Crippen LogP contribution < -0.4 is 0 Å². The topological polar surface area (TPSA) is 48.5 Å². The van der Waals surface area contributed by atoms with Gasteiger partial charge in [-0.1, -0.05) is 142 Å². The van der Waals surface area contributed by atoms with Crippen LogP contribution in [0, 0.1) is 0 Å². The maximum Gasteiger partial charge on any atom is 0.165 e. The molecule has 0 bridgehead atoms. The Labute approximate surface area is 348 Å². The van der Waals surface area contributed by atoms with Gasteiger partial charge in [0.1, 0.15) is 5.82 Å². The van der Waals surface area contributed by atoms with E-state index < -0.39 is 0 Å². The molecule has 0 saturated heterocycles. The first-order valence-electron chi connectivity index (χ1n) is 20.5. The van der Waals surface area contributed by atoms with E-state index in [4.69, 9.17) is 15.0 Å². The standard InChI is InChI=1S/C55H41N5/c1-55(2,3)54-57-52(40-29-32-49-44(35-40)42-23-13-15-25-47(42)59(49)41-21-11-6-12-22-41)56-53(58-54)43-24-14-16-26-48(43)60-50-30-27-38(36-17-7-4-8-18-36)33-45(50)46-34-39(28-31-51(46)60)37-19-9-5-10-20-37/h4-35H,1-3H3. The van der Waals surface area contributed by atoms with Crippen molar-refractivity contribution in [3.63, 3.8) is 0 Å². The van der Waals surface area contributed by atoms with Gasteiger partial charge in [-0.3, -0.25) is 0 Å². The van der Waals surface area contributed by atoms with Crippen LogP contribution in [0.15, 0.2) is 194 Å². The van der Waals surface area contributed by atoms with Crippen LogP contribution in [0.2, 0.25) is 0 Å². The summed E-state index contributed by atoms with van der Waals surface area (Å²) in [5.41, 5.74) is 13.0. The fourth-order valence-electron chi connectivity index (χ4n) is 8.69. The number of para-hydroxylation sites is 3. The van der Waals surface area contributed by atoms with E-state index in [0.29, 0.717) is 11.6 Å². The quantitative estimate of drug-likeness (QED) is 0.169. The van der Waals surface area contributed by atoms with Crippen LogP contribution in [0.25, 0.3) is 100 Å². The van der Waals surface area contributed by atoms with Gasteiger partial charge >= 0.3 is 0 Å². The highest BCUT2D eigenvalue weighted by Gasteiger charge is 2.24. The Bertz CT molecular complexity index is 3290. The molecule has 8 aromatic carbocycles. The summed E-state index contributed by atoms with van der Waals surface area (Å²) in [4.78, 5) is 15.8. The van der Waals surface area contributed by atoms with Gasteiger partial charge in [-0.05, 0) is 95.1 Å². The molecule has 0 aliphatic heterocycles. The average molecular weight is 772 g/mol. The molecule has 11 aromatic rings. The molecule has 0 unspecified atom stereocenters. The van der Waals surface area contributed by atoms with E-state index in [-0.39, 0.29) is 5.41 Å². The molecule has 0 N–H and O–H groups in total. The predicted octanol–water partition coefficient (Wildman–Crippen LogP) is 14.0. The first-order valence-corrected chi connectivity index (χ1v) is 20.5. The van der Waals surface area contributed by atoms with E-state index in [1.807, 2.05) is 0 Å². The van der Waals surface area contributed by atoms with Gasteiger partial charge in [-0.25, -0.2) is 15.0 Å². The van der Waals surface area contributed by atoms with Crippen molar-refractivity contribution < 1.29 is 0 Å². The minimum atomic E-state index is -0.330. The fourth-order valence-corrected chi connectivity index (χ4v) is 8.69. The van der Waals surface area contributed by atoms with E-state index in [9.17, 15) is 0 Å². The van der Waals surface area contributed by atoms with Crippen molar-refractivity contribution in [2.75, 3.05) is 0 Å². The second-order valence-electron chi connectivity index (χ2n) is 16.5. The van der Waals surface area contributed by atoms with Crippen LogP contribution in [0.3, 0.4) is 0 Å². The monoisotopic (exact) mass is 771 g/mol. The number of benzene rings is 8. The zero-order chi connectivity index (χ0) is 40.4. The maximum absolute atomic E-state index is 5.34. The van der Waals surface area contributed by atoms with E-state index >= 15 is 0 Å². The minimum Gasteiger partial charge on any atom is -0.309 e. The molecule has 0 spiro atoms. The molecule has 0 aliphatic carbocycles. The second-order valence-corrected chi connectivity index (χ2v) is 16.5. The lowest BCUT2D eigenvalue weighted by Crippen LogP contribution is -2.18. The summed E-state index contributed by atoms with van der Waals surface area (Å²) in [5.74, 6) is 2.04. The summed E-state index contributed by atoms with van der Waals surface area (Å²) in [6.07, 6.45) is 0. The zero-order valence-electron chi connectivity index (χ0n) is 33.7. The molecule has 11 rings (SSSR count). The number of fused-ring (bicyclic) bond motifs is 6. The molecule has 286 valence electrons. The molecule has 0 saturated carbocycles. The highest BCUT2D eigenvalue weighted by Crippen LogP contribution is 2.40. The van der Waals surface area contributed by atoms with Crippen LogP contribution in [0.1, 0.15) is 26.6 Å². The summed E-state index contributed by atoms with van der Waals surface area (Å²) in [6, 6.07) is 69.2. The summed E-state index contributed by atoms with van der Waals surface area (Å²) in [7, 11) is 0. The van der Waals surface area contributed by atoms with Gasteiger partial charge in [-0.15, -0.1) is 0 Å². The van der Waals surface area contributed by atoms with E-state index in [0.717, 1.165) is 55.8 Å². The predicted molar refractivity (Wildman–Crippen MR) is 249 cm³/mol. The van der Waals surface area contributed by atoms with Gasteiger partial charge in [0.05, 0.1) is 27.8 Å². The molecule has 3 aromatic heterocycles. The van der Waals surface area contributed by atoms with Crippen LogP contribution in [-0.2, 0) is 5.41 Å². The number of hydrogen-bond donors (Lipinski definition) is 0. The van der Waals surface area contributed by atoms with Crippen LogP contribution in [-0.4, -0.2) is 24.1 Å². The summed E-state index contributed by atoms with van der Waals surface area (Å²) < 4.78 is 4.72. The zero-order valence-corrected chi connectivity index (χ0v) is 33.7. The Balaban J connectivity index is 1.12. The highest BCUT2D eigenvalue weighted by molar-refractivity contribution is 6.12. The van der Waals surface area contributed by atoms with Crippen LogP contribution in [0.5, 0.6) is 0 Å². The van der Waals surface area contributed by atoms with E-state index in [2.05, 4.69) is 224 Å². The van der Waals surface area contributed by atoms with Gasteiger partial charge < -0.3 is 9.13 Å². The van der Waals surface area contributed by atoms with Crippen molar-refractivity contribution in [3.8, 4) is 56.4 Å². The Morgan fingerprint density at radius 2 is 0.817 bits per heavy atom. The van der Waals surface area contributed by atoms with Crippen molar-refractivity contribution in [1.29, 1.82) is 0 Å². The van der Waals surface area contributed by atoms with Crippen molar-refractivity contribution in [1.82, 2.24) is 24.1 Å². The molecular weight excluding hydrogens is 731 g/mol. The molecule has 0 fully saturated rings. The highest BCUT2D eigenvalue weighted by atomic mass is 15.1. The third-order valence-corrected chi connectivity index (χ3v) is 11.6. The Morgan fingerprint density at radius 1 is 0.350 bits per heavy atom. The lowest BCUT2D eigenvalue weighted by atomic mass is 9.95. The molecule has 5 heteroatoms. The summed E-state index contributed by atoms with van der Waals surface area (Å²) in [6.45, 7) is 6.50.